The molecule has 4 aromatic rings. The number of aromatic hydroxyl groups is 2. The lowest BCUT2D eigenvalue weighted by atomic mass is 9.74. The molecular weight excluding hydrogens is 976 g/mol. The molecule has 1 unspecified atom stereocenters. The van der Waals surface area contributed by atoms with Crippen LogP contribution in [0.2, 0.25) is 10.0 Å². The number of halogens is 2. The summed E-state index contributed by atoms with van der Waals surface area (Å²) in [6, 6.07) is 27.8. The summed E-state index contributed by atoms with van der Waals surface area (Å²) < 4.78 is 20.3. The highest BCUT2D eigenvalue weighted by atomic mass is 35.5. The largest absolute Gasteiger partial charge is 0.508 e. The number of phenolic OH excluding ortho intramolecular Hbond substituents is 2. The Bertz CT molecular complexity index is 2200. The second kappa shape index (κ2) is 33.8. The molecule has 0 fully saturated rings. The molecule has 0 radical (unpaired) electrons. The molecule has 0 spiro atoms. The zero-order valence-corrected chi connectivity index (χ0v) is 48.0. The second-order valence-corrected chi connectivity index (χ2v) is 21.8. The Kier molecular flexibility index (Phi) is 29.7. The first-order chi connectivity index (χ1) is 35.0. The van der Waals surface area contributed by atoms with E-state index in [0.717, 1.165) is 51.4 Å². The SMILES string of the molecule is CCC(CC(C)(C)c1ccccc1)c1ccccc1.CCCCCCOC(=O)CCCC(C)(C)c1cc(O)c(C(C)(C)CCCC(=O)OCCCCCC)cc1O.CCOC(=O)c1cc(Cl)c(OC(C)=O)c(Cl)c1. The number of phenols is 2. The molecule has 0 amide bonds. The van der Waals surface area contributed by atoms with E-state index in [1.165, 1.54) is 43.0 Å². The quantitative estimate of drug-likeness (QED) is 0.0185. The third-order valence-corrected chi connectivity index (χ3v) is 13.9. The van der Waals surface area contributed by atoms with Gasteiger partial charge in [-0.05, 0) is 116 Å². The van der Waals surface area contributed by atoms with Crippen molar-refractivity contribution in [1.82, 2.24) is 0 Å². The maximum atomic E-state index is 12.1. The molecule has 0 bridgehead atoms. The number of esters is 4. The van der Waals surface area contributed by atoms with E-state index in [2.05, 4.69) is 95.3 Å². The van der Waals surface area contributed by atoms with E-state index in [1.807, 2.05) is 27.7 Å². The molecule has 410 valence electrons. The molecule has 0 heterocycles. The van der Waals surface area contributed by atoms with Gasteiger partial charge in [-0.25, -0.2) is 4.79 Å². The zero-order chi connectivity index (χ0) is 55.3. The van der Waals surface area contributed by atoms with Crippen molar-refractivity contribution in [2.45, 2.75) is 201 Å². The maximum Gasteiger partial charge on any atom is 0.338 e. The van der Waals surface area contributed by atoms with Crippen molar-refractivity contribution >= 4 is 47.1 Å². The summed E-state index contributed by atoms with van der Waals surface area (Å²) in [5, 5.41) is 22.0. The Morgan fingerprint density at radius 1 is 0.568 bits per heavy atom. The molecule has 0 aliphatic carbocycles. The number of carbonyl (C=O) groups is 4. The van der Waals surface area contributed by atoms with Crippen LogP contribution in [-0.2, 0) is 44.8 Å². The third kappa shape index (κ3) is 23.6. The Labute approximate surface area is 454 Å². The van der Waals surface area contributed by atoms with E-state index in [1.54, 1.807) is 19.1 Å². The van der Waals surface area contributed by atoms with Crippen molar-refractivity contribution in [2.24, 2.45) is 0 Å². The topological polar surface area (TPSA) is 146 Å². The van der Waals surface area contributed by atoms with Gasteiger partial charge in [0.25, 0.3) is 0 Å². The highest BCUT2D eigenvalue weighted by Gasteiger charge is 2.31. The van der Waals surface area contributed by atoms with E-state index < -0.39 is 22.8 Å². The van der Waals surface area contributed by atoms with E-state index >= 15 is 0 Å². The highest BCUT2D eigenvalue weighted by molar-refractivity contribution is 6.37. The van der Waals surface area contributed by atoms with Crippen LogP contribution in [0.5, 0.6) is 17.2 Å². The van der Waals surface area contributed by atoms with Crippen molar-refractivity contribution < 1.29 is 48.3 Å². The maximum absolute atomic E-state index is 12.1. The summed E-state index contributed by atoms with van der Waals surface area (Å²) in [7, 11) is 0. The monoisotopic (exact) mass is 1060 g/mol. The average molecular weight is 1060 g/mol. The fraction of sp³-hybridized carbons (Fsp3) is 0.548. The number of ether oxygens (including phenoxy) is 4. The van der Waals surface area contributed by atoms with Gasteiger partial charge in [-0.1, -0.05) is 185 Å². The molecule has 0 aliphatic rings. The smallest absolute Gasteiger partial charge is 0.338 e. The molecular formula is C62H88Cl2O10. The van der Waals surface area contributed by atoms with Crippen molar-refractivity contribution in [3.8, 4) is 17.2 Å². The van der Waals surface area contributed by atoms with Gasteiger partial charge in [0.15, 0.2) is 5.75 Å². The minimum atomic E-state index is -0.544. The molecule has 12 heteroatoms. The highest BCUT2D eigenvalue weighted by Crippen LogP contribution is 2.44. The van der Waals surface area contributed by atoms with Gasteiger partial charge in [-0.15, -0.1) is 0 Å². The van der Waals surface area contributed by atoms with Crippen LogP contribution in [0.15, 0.2) is 84.9 Å². The summed E-state index contributed by atoms with van der Waals surface area (Å²) in [5.74, 6) is -0.487. The number of rotatable bonds is 28. The fourth-order valence-corrected chi connectivity index (χ4v) is 9.40. The van der Waals surface area contributed by atoms with E-state index in [-0.39, 0.29) is 56.8 Å². The van der Waals surface area contributed by atoms with Gasteiger partial charge >= 0.3 is 23.9 Å². The lowest BCUT2D eigenvalue weighted by Crippen LogP contribution is -2.21. The summed E-state index contributed by atoms with van der Waals surface area (Å²) in [6.07, 6.45) is 14.3. The fourth-order valence-electron chi connectivity index (χ4n) is 8.83. The Morgan fingerprint density at radius 2 is 1.01 bits per heavy atom. The Hall–Kier alpha value is -5.06. The van der Waals surface area contributed by atoms with Crippen molar-refractivity contribution in [2.75, 3.05) is 19.8 Å². The van der Waals surface area contributed by atoms with Gasteiger partial charge in [-0.2, -0.15) is 0 Å². The van der Waals surface area contributed by atoms with Gasteiger partial charge in [-0.3, -0.25) is 14.4 Å². The number of carbonyl (C=O) groups excluding carboxylic acids is 4. The van der Waals surface area contributed by atoms with Crippen LogP contribution < -0.4 is 4.74 Å². The third-order valence-electron chi connectivity index (χ3n) is 13.3. The van der Waals surface area contributed by atoms with Crippen LogP contribution in [0.3, 0.4) is 0 Å². The van der Waals surface area contributed by atoms with Crippen LogP contribution >= 0.6 is 23.2 Å². The van der Waals surface area contributed by atoms with E-state index in [0.29, 0.717) is 68.8 Å². The molecule has 0 saturated heterocycles. The number of hydrogen-bond donors (Lipinski definition) is 2. The van der Waals surface area contributed by atoms with Crippen molar-refractivity contribution in [3.05, 3.63) is 123 Å². The van der Waals surface area contributed by atoms with Crippen LogP contribution in [0.25, 0.3) is 0 Å². The number of hydrogen-bond acceptors (Lipinski definition) is 10. The minimum Gasteiger partial charge on any atom is -0.508 e. The predicted octanol–water partition coefficient (Wildman–Crippen LogP) is 16.9. The predicted molar refractivity (Wildman–Crippen MR) is 301 cm³/mol. The van der Waals surface area contributed by atoms with Gasteiger partial charge in [0.1, 0.15) is 11.5 Å². The van der Waals surface area contributed by atoms with Crippen molar-refractivity contribution in [3.63, 3.8) is 0 Å². The molecule has 2 N–H and O–H groups in total. The molecule has 4 aromatic carbocycles. The molecule has 0 aliphatic heterocycles. The standard InChI is InChI=1S/C32H54O6.C19H24.C11H10Cl2O4/c1-7-9-11-13-21-37-29(35)17-15-19-31(3,4)25-23-28(34)26(24-27(25)33)32(5,6)20-16-18-30(36)38-22-14-12-10-8-2;1-4-16(17-11-7-5-8-12-17)15-19(2,3)18-13-9-6-10-14-18;1-3-16-11(15)7-4-8(12)10(9(13)5-7)17-6(2)14/h23-24,33-34H,7-22H2,1-6H3;5-14,16H,4,15H2,1-3H3;4-5H,3H2,1-2H3. The van der Waals surface area contributed by atoms with E-state index in [9.17, 15) is 29.4 Å². The Morgan fingerprint density at radius 3 is 1.42 bits per heavy atom. The van der Waals surface area contributed by atoms with Crippen LogP contribution in [-0.4, -0.2) is 53.9 Å². The summed E-state index contributed by atoms with van der Waals surface area (Å²) in [5.41, 5.74) is 3.80. The van der Waals surface area contributed by atoms with Crippen LogP contribution in [0.1, 0.15) is 217 Å². The van der Waals surface area contributed by atoms with Gasteiger partial charge in [0.2, 0.25) is 0 Å². The molecule has 0 saturated carbocycles. The second-order valence-electron chi connectivity index (χ2n) is 21.0. The normalized spacial score (nSPS) is 11.8. The number of benzene rings is 4. The molecule has 1 atom stereocenters. The first kappa shape index (κ1) is 65.1. The van der Waals surface area contributed by atoms with Crippen molar-refractivity contribution in [1.29, 1.82) is 0 Å². The summed E-state index contributed by atoms with van der Waals surface area (Å²) >= 11 is 11.7. The summed E-state index contributed by atoms with van der Waals surface area (Å²) in [6.45, 7) is 23.5. The lowest BCUT2D eigenvalue weighted by Gasteiger charge is -2.30. The van der Waals surface area contributed by atoms with Crippen LogP contribution in [0, 0.1) is 0 Å². The summed E-state index contributed by atoms with van der Waals surface area (Å²) in [4.78, 5) is 46.3. The van der Waals surface area contributed by atoms with Gasteiger partial charge in [0.05, 0.1) is 35.4 Å². The molecule has 10 nitrogen and oxygen atoms in total. The lowest BCUT2D eigenvalue weighted by molar-refractivity contribution is -0.144. The minimum absolute atomic E-state index is 0.0360. The molecule has 0 aromatic heterocycles. The molecule has 4 rings (SSSR count). The zero-order valence-electron chi connectivity index (χ0n) is 46.5. The van der Waals surface area contributed by atoms with E-state index in [4.69, 9.17) is 42.1 Å². The average Bonchev–Trinajstić information content (AvgIpc) is 3.35. The Balaban J connectivity index is 0.000000429. The van der Waals surface area contributed by atoms with Gasteiger partial charge < -0.3 is 29.2 Å². The van der Waals surface area contributed by atoms with Gasteiger partial charge in [0, 0.05) is 30.9 Å². The first-order valence-electron chi connectivity index (χ1n) is 26.9. The first-order valence-corrected chi connectivity index (χ1v) is 27.6. The van der Waals surface area contributed by atoms with Crippen LogP contribution in [0.4, 0.5) is 0 Å². The molecule has 74 heavy (non-hydrogen) atoms. The number of unbranched alkanes of at least 4 members (excludes halogenated alkanes) is 6.